The summed E-state index contributed by atoms with van der Waals surface area (Å²) in [6.45, 7) is 0.430. The van der Waals surface area contributed by atoms with Gasteiger partial charge in [-0.25, -0.2) is 8.42 Å². The molecule has 25 heavy (non-hydrogen) atoms. The Hall–Kier alpha value is -2.05. The second-order valence-electron chi connectivity index (χ2n) is 5.90. The smallest absolute Gasteiger partial charge is 0.262 e. The van der Waals surface area contributed by atoms with Crippen LogP contribution >= 0.6 is 11.8 Å². The highest BCUT2D eigenvalue weighted by Crippen LogP contribution is 2.39. The molecule has 0 unspecified atom stereocenters. The van der Waals surface area contributed by atoms with E-state index in [9.17, 15) is 13.2 Å². The number of methoxy groups -OCH3 is 1. The molecule has 2 heterocycles. The summed E-state index contributed by atoms with van der Waals surface area (Å²) >= 11 is 1.31. The molecule has 0 aromatic heterocycles. The fraction of sp³-hybridized carbons (Fsp3) is 0.438. The van der Waals surface area contributed by atoms with E-state index < -0.39 is 15.7 Å². The van der Waals surface area contributed by atoms with E-state index in [4.69, 9.17) is 10.00 Å². The third kappa shape index (κ3) is 3.96. The van der Waals surface area contributed by atoms with E-state index in [1.54, 1.807) is 13.2 Å². The van der Waals surface area contributed by atoms with Crippen LogP contribution in [0.4, 0.5) is 0 Å². The van der Waals surface area contributed by atoms with Crippen LogP contribution in [0.15, 0.2) is 29.3 Å². The number of aliphatic imine (C=N–C) groups is 1. The number of carbonyl (C=O) groups is 1. The minimum absolute atomic E-state index is 0.0557. The molecule has 2 aliphatic rings. The average molecular weight is 379 g/mol. The Labute approximate surface area is 150 Å². The quantitative estimate of drug-likeness (QED) is 0.775. The molecule has 3 rings (SSSR count). The molecule has 1 aromatic rings. The summed E-state index contributed by atoms with van der Waals surface area (Å²) in [5, 5.41) is 9.00. The molecule has 0 radical (unpaired) electrons. The van der Waals surface area contributed by atoms with Gasteiger partial charge in [-0.15, -0.1) is 0 Å². The van der Waals surface area contributed by atoms with Crippen molar-refractivity contribution in [2.75, 3.05) is 18.6 Å². The molecule has 2 saturated heterocycles. The Kier molecular flexibility index (Phi) is 5.01. The third-order valence-electron chi connectivity index (χ3n) is 4.11. The summed E-state index contributed by atoms with van der Waals surface area (Å²) in [4.78, 5) is 17.7. The fourth-order valence-electron chi connectivity index (χ4n) is 3.00. The Morgan fingerprint density at radius 1 is 1.48 bits per heavy atom. The molecule has 0 saturated carbocycles. The molecule has 1 aromatic carbocycles. The molecule has 0 bridgehead atoms. The monoisotopic (exact) mass is 379 g/mol. The highest BCUT2D eigenvalue weighted by molar-refractivity contribution is 8.15. The molecule has 2 aliphatic heterocycles. The lowest BCUT2D eigenvalue weighted by atomic mass is 10.1. The lowest BCUT2D eigenvalue weighted by Crippen LogP contribution is -2.37. The standard InChI is InChI=1S/C16H17N3O4S2/c1-23-12-4-2-3-11(7-12)8-19-13-9-25(21,22)10-14(13)24-16(19)18-15(20)5-6-17/h2-4,7,13-14H,5,8-10H2,1H3/t13-,14-/m1/s1. The van der Waals surface area contributed by atoms with Gasteiger partial charge < -0.3 is 9.64 Å². The van der Waals surface area contributed by atoms with Crippen molar-refractivity contribution >= 4 is 32.7 Å². The number of hydrogen-bond donors (Lipinski definition) is 0. The van der Waals surface area contributed by atoms with E-state index in [2.05, 4.69) is 4.99 Å². The maximum absolute atomic E-state index is 12.0. The summed E-state index contributed by atoms with van der Waals surface area (Å²) in [6, 6.07) is 9.05. The molecular formula is C16H17N3O4S2. The maximum atomic E-state index is 12.0. The number of rotatable bonds is 4. The van der Waals surface area contributed by atoms with Crippen LogP contribution in [0.3, 0.4) is 0 Å². The number of amidine groups is 1. The molecule has 0 aliphatic carbocycles. The lowest BCUT2D eigenvalue weighted by molar-refractivity contribution is -0.116. The first kappa shape index (κ1) is 17.8. The lowest BCUT2D eigenvalue weighted by Gasteiger charge is -2.24. The molecule has 7 nitrogen and oxygen atoms in total. The predicted molar refractivity (Wildman–Crippen MR) is 95.0 cm³/mol. The summed E-state index contributed by atoms with van der Waals surface area (Å²) < 4.78 is 29.2. The van der Waals surface area contributed by atoms with E-state index in [0.717, 1.165) is 5.56 Å². The molecular weight excluding hydrogens is 362 g/mol. The van der Waals surface area contributed by atoms with Gasteiger partial charge in [-0.3, -0.25) is 4.79 Å². The van der Waals surface area contributed by atoms with E-state index in [-0.39, 0.29) is 29.2 Å². The molecule has 132 valence electrons. The second kappa shape index (κ2) is 7.06. The molecule has 0 N–H and O–H groups in total. The van der Waals surface area contributed by atoms with Gasteiger partial charge in [0.2, 0.25) is 0 Å². The summed E-state index contributed by atoms with van der Waals surface area (Å²) in [5.74, 6) is 0.338. The van der Waals surface area contributed by atoms with Crippen molar-refractivity contribution in [3.63, 3.8) is 0 Å². The van der Waals surface area contributed by atoms with Crippen LogP contribution in [0.25, 0.3) is 0 Å². The first-order valence-electron chi connectivity index (χ1n) is 7.67. The van der Waals surface area contributed by atoms with E-state index in [1.807, 2.05) is 29.2 Å². The van der Waals surface area contributed by atoms with Gasteiger partial charge in [0.1, 0.15) is 12.2 Å². The van der Waals surface area contributed by atoms with Gasteiger partial charge in [0.05, 0.1) is 30.7 Å². The summed E-state index contributed by atoms with van der Waals surface area (Å²) in [6.07, 6.45) is -0.287. The SMILES string of the molecule is COc1cccc(CN2C(=NC(=O)CC#N)S[C@@H]3CS(=O)(=O)C[C@H]32)c1. The number of ether oxygens (including phenoxy) is 1. The number of sulfone groups is 1. The minimum atomic E-state index is -3.09. The van der Waals surface area contributed by atoms with E-state index in [1.165, 1.54) is 11.8 Å². The fourth-order valence-corrected chi connectivity index (χ4v) is 6.97. The number of fused-ring (bicyclic) bond motifs is 1. The van der Waals surface area contributed by atoms with Crippen molar-refractivity contribution < 1.29 is 17.9 Å². The van der Waals surface area contributed by atoms with Crippen molar-refractivity contribution in [1.29, 1.82) is 5.26 Å². The van der Waals surface area contributed by atoms with Crippen molar-refractivity contribution in [1.82, 2.24) is 4.90 Å². The topological polar surface area (TPSA) is 99.8 Å². The van der Waals surface area contributed by atoms with Gasteiger partial charge in [-0.05, 0) is 17.7 Å². The zero-order valence-electron chi connectivity index (χ0n) is 13.6. The number of amides is 1. The minimum Gasteiger partial charge on any atom is -0.497 e. The number of nitriles is 1. The van der Waals surface area contributed by atoms with Gasteiger partial charge >= 0.3 is 0 Å². The normalized spacial score (nSPS) is 25.6. The van der Waals surface area contributed by atoms with Crippen molar-refractivity contribution in [2.45, 2.75) is 24.3 Å². The molecule has 1 amide bonds. The Balaban J connectivity index is 1.89. The summed E-state index contributed by atoms with van der Waals surface area (Å²) in [7, 11) is -1.50. The van der Waals surface area contributed by atoms with Gasteiger partial charge in [0.25, 0.3) is 5.91 Å². The number of benzene rings is 1. The van der Waals surface area contributed by atoms with Gasteiger partial charge in [-0.2, -0.15) is 10.3 Å². The average Bonchev–Trinajstić information content (AvgIpc) is 3.01. The van der Waals surface area contributed by atoms with Crippen LogP contribution in [0.2, 0.25) is 0 Å². The Bertz CT molecular complexity index is 860. The van der Waals surface area contributed by atoms with Gasteiger partial charge in [0, 0.05) is 11.8 Å². The Morgan fingerprint density at radius 2 is 2.28 bits per heavy atom. The zero-order chi connectivity index (χ0) is 18.0. The first-order valence-corrected chi connectivity index (χ1v) is 10.4. The van der Waals surface area contributed by atoms with Gasteiger partial charge in [-0.1, -0.05) is 23.9 Å². The number of thioether (sulfide) groups is 1. The van der Waals surface area contributed by atoms with Crippen LogP contribution in [0.1, 0.15) is 12.0 Å². The largest absolute Gasteiger partial charge is 0.497 e. The number of hydrogen-bond acceptors (Lipinski definition) is 6. The Morgan fingerprint density at radius 3 is 3.00 bits per heavy atom. The van der Waals surface area contributed by atoms with Crippen LogP contribution in [0.5, 0.6) is 5.75 Å². The van der Waals surface area contributed by atoms with Crippen molar-refractivity contribution in [3.05, 3.63) is 29.8 Å². The van der Waals surface area contributed by atoms with Crippen molar-refractivity contribution in [3.8, 4) is 11.8 Å². The highest BCUT2D eigenvalue weighted by Gasteiger charge is 2.48. The van der Waals surface area contributed by atoms with Crippen LogP contribution in [-0.2, 0) is 21.2 Å². The molecule has 2 fully saturated rings. The maximum Gasteiger partial charge on any atom is 0.262 e. The summed E-state index contributed by atoms with van der Waals surface area (Å²) in [5.41, 5.74) is 0.935. The molecule has 9 heteroatoms. The highest BCUT2D eigenvalue weighted by atomic mass is 32.2. The molecule has 0 spiro atoms. The zero-order valence-corrected chi connectivity index (χ0v) is 15.2. The van der Waals surface area contributed by atoms with Crippen molar-refractivity contribution in [2.24, 2.45) is 4.99 Å². The van der Waals surface area contributed by atoms with Gasteiger partial charge in [0.15, 0.2) is 15.0 Å². The number of nitrogens with zero attached hydrogens (tertiary/aromatic N) is 3. The first-order chi connectivity index (χ1) is 11.9. The van der Waals surface area contributed by atoms with Crippen LogP contribution < -0.4 is 4.74 Å². The van der Waals surface area contributed by atoms with E-state index in [0.29, 0.717) is 17.5 Å². The third-order valence-corrected chi connectivity index (χ3v) is 7.36. The van der Waals surface area contributed by atoms with E-state index >= 15 is 0 Å². The predicted octanol–water partition coefficient (Wildman–Crippen LogP) is 1.21. The second-order valence-corrected chi connectivity index (χ2v) is 9.26. The van der Waals surface area contributed by atoms with Crippen LogP contribution in [0, 0.1) is 11.3 Å². The number of carbonyl (C=O) groups excluding carboxylic acids is 1. The van der Waals surface area contributed by atoms with Crippen LogP contribution in [-0.4, -0.2) is 54.3 Å². The molecule has 2 atom stereocenters.